The summed E-state index contributed by atoms with van der Waals surface area (Å²) in [4.78, 5) is 20.1. The van der Waals surface area contributed by atoms with Gasteiger partial charge in [0, 0.05) is 37.2 Å². The van der Waals surface area contributed by atoms with Crippen molar-refractivity contribution in [2.24, 2.45) is 5.92 Å². The Hall–Kier alpha value is -3.49. The van der Waals surface area contributed by atoms with Crippen LogP contribution in [0.15, 0.2) is 36.8 Å². The molecular formula is C20H21N9. The molecule has 0 aliphatic carbocycles. The number of anilines is 1. The number of aryl methyl sites for hydroxylation is 1. The molecule has 0 radical (unpaired) electrons. The lowest BCUT2D eigenvalue weighted by molar-refractivity contribution is 0.434. The second-order valence-corrected chi connectivity index (χ2v) is 7.43. The lowest BCUT2D eigenvalue weighted by atomic mass is 10.00. The molecule has 4 aromatic heterocycles. The molecule has 0 aromatic carbocycles. The number of fused-ring (bicyclic) bond motifs is 1. The van der Waals surface area contributed by atoms with E-state index in [1.54, 1.807) is 23.1 Å². The first kappa shape index (κ1) is 17.6. The number of aromatic nitrogens is 8. The van der Waals surface area contributed by atoms with E-state index in [0.717, 1.165) is 54.7 Å². The van der Waals surface area contributed by atoms with Crippen molar-refractivity contribution in [1.29, 1.82) is 0 Å². The van der Waals surface area contributed by atoms with Crippen LogP contribution >= 0.6 is 0 Å². The van der Waals surface area contributed by atoms with E-state index < -0.39 is 0 Å². The maximum atomic E-state index is 4.77. The fourth-order valence-electron chi connectivity index (χ4n) is 3.56. The zero-order chi connectivity index (χ0) is 19.8. The highest BCUT2D eigenvalue weighted by atomic mass is 15.4. The second-order valence-electron chi connectivity index (χ2n) is 7.43. The third-order valence-corrected chi connectivity index (χ3v) is 5.36. The van der Waals surface area contributed by atoms with Gasteiger partial charge in [-0.25, -0.2) is 9.97 Å². The van der Waals surface area contributed by atoms with E-state index in [1.165, 1.54) is 0 Å². The number of rotatable bonds is 3. The molecule has 1 aliphatic heterocycles. The molecule has 0 spiro atoms. The summed E-state index contributed by atoms with van der Waals surface area (Å²) in [5, 5.41) is 13.2. The van der Waals surface area contributed by atoms with E-state index in [9.17, 15) is 0 Å². The van der Waals surface area contributed by atoms with Crippen LogP contribution in [0.1, 0.15) is 25.5 Å². The molecule has 4 aromatic rings. The van der Waals surface area contributed by atoms with Crippen LogP contribution in [0.4, 0.5) is 5.95 Å². The Morgan fingerprint density at radius 3 is 2.69 bits per heavy atom. The van der Waals surface area contributed by atoms with Gasteiger partial charge < -0.3 is 4.90 Å². The predicted octanol–water partition coefficient (Wildman–Crippen LogP) is 2.58. The summed E-state index contributed by atoms with van der Waals surface area (Å²) in [6, 6.07) is 5.63. The summed E-state index contributed by atoms with van der Waals surface area (Å²) in [6.07, 6.45) is 7.55. The fourth-order valence-corrected chi connectivity index (χ4v) is 3.56. The van der Waals surface area contributed by atoms with Crippen molar-refractivity contribution in [2.75, 3.05) is 18.0 Å². The van der Waals surface area contributed by atoms with E-state index in [0.29, 0.717) is 17.3 Å². The molecule has 146 valence electrons. The Morgan fingerprint density at radius 2 is 1.90 bits per heavy atom. The van der Waals surface area contributed by atoms with Gasteiger partial charge in [0.05, 0.1) is 11.4 Å². The number of nitrogens with zero attached hydrogens (tertiary/aromatic N) is 9. The second kappa shape index (κ2) is 7.16. The number of hydrogen-bond acceptors (Lipinski definition) is 8. The molecule has 0 bridgehead atoms. The Labute approximate surface area is 167 Å². The summed E-state index contributed by atoms with van der Waals surface area (Å²) in [5.74, 6) is 2.51. The third-order valence-electron chi connectivity index (χ3n) is 5.36. The molecule has 0 unspecified atom stereocenters. The molecule has 29 heavy (non-hydrogen) atoms. The Bertz CT molecular complexity index is 1150. The number of hydrogen-bond donors (Lipinski definition) is 0. The Kier molecular flexibility index (Phi) is 4.34. The average Bonchev–Trinajstić information content (AvgIpc) is 3.21. The van der Waals surface area contributed by atoms with Crippen molar-refractivity contribution in [3.63, 3.8) is 0 Å². The molecule has 0 saturated carbocycles. The van der Waals surface area contributed by atoms with Gasteiger partial charge in [0.15, 0.2) is 5.82 Å². The summed E-state index contributed by atoms with van der Waals surface area (Å²) in [5.41, 5.74) is 3.07. The van der Waals surface area contributed by atoms with Crippen molar-refractivity contribution >= 4 is 11.7 Å². The molecule has 9 nitrogen and oxygen atoms in total. The minimum Gasteiger partial charge on any atom is -0.341 e. The number of piperidine rings is 1. The first-order valence-corrected chi connectivity index (χ1v) is 9.78. The molecule has 5 heterocycles. The maximum absolute atomic E-state index is 4.77. The smallest absolute Gasteiger partial charge is 0.272 e. The molecule has 0 amide bonds. The Balaban J connectivity index is 1.52. The maximum Gasteiger partial charge on any atom is 0.272 e. The van der Waals surface area contributed by atoms with Crippen molar-refractivity contribution in [2.45, 2.75) is 26.7 Å². The van der Waals surface area contributed by atoms with Gasteiger partial charge in [-0.1, -0.05) is 6.92 Å². The third kappa shape index (κ3) is 3.28. The van der Waals surface area contributed by atoms with Crippen LogP contribution in [0.2, 0.25) is 0 Å². The van der Waals surface area contributed by atoms with Crippen LogP contribution in [-0.2, 0) is 0 Å². The monoisotopic (exact) mass is 387 g/mol. The molecule has 5 rings (SSSR count). The van der Waals surface area contributed by atoms with Gasteiger partial charge in [-0.2, -0.15) is 9.50 Å². The zero-order valence-electron chi connectivity index (χ0n) is 16.4. The van der Waals surface area contributed by atoms with Gasteiger partial charge in [0.2, 0.25) is 5.95 Å². The highest BCUT2D eigenvalue weighted by Crippen LogP contribution is 2.24. The molecule has 1 fully saturated rings. The lowest BCUT2D eigenvalue weighted by Crippen LogP contribution is -2.34. The summed E-state index contributed by atoms with van der Waals surface area (Å²) in [6.45, 7) is 6.20. The Morgan fingerprint density at radius 1 is 1.03 bits per heavy atom. The van der Waals surface area contributed by atoms with E-state index in [2.05, 4.69) is 42.1 Å². The molecule has 1 saturated heterocycles. The average molecular weight is 387 g/mol. The van der Waals surface area contributed by atoms with Crippen molar-refractivity contribution < 1.29 is 0 Å². The van der Waals surface area contributed by atoms with Crippen molar-refractivity contribution in [3.8, 4) is 22.8 Å². The minimum atomic E-state index is 0.449. The van der Waals surface area contributed by atoms with Crippen LogP contribution in [-0.4, -0.2) is 52.8 Å². The summed E-state index contributed by atoms with van der Waals surface area (Å²) < 4.78 is 1.70. The van der Waals surface area contributed by atoms with Gasteiger partial charge >= 0.3 is 0 Å². The predicted molar refractivity (Wildman–Crippen MR) is 108 cm³/mol. The lowest BCUT2D eigenvalue weighted by Gasteiger charge is -2.30. The van der Waals surface area contributed by atoms with Gasteiger partial charge in [-0.3, -0.25) is 4.98 Å². The summed E-state index contributed by atoms with van der Waals surface area (Å²) >= 11 is 0. The van der Waals surface area contributed by atoms with Crippen LogP contribution < -0.4 is 4.90 Å². The fraction of sp³-hybridized carbons (Fsp3) is 0.350. The van der Waals surface area contributed by atoms with Gasteiger partial charge in [-0.15, -0.1) is 15.3 Å². The largest absolute Gasteiger partial charge is 0.341 e. The summed E-state index contributed by atoms with van der Waals surface area (Å²) in [7, 11) is 0. The van der Waals surface area contributed by atoms with E-state index in [1.807, 2.05) is 25.1 Å². The van der Waals surface area contributed by atoms with Crippen molar-refractivity contribution in [1.82, 2.24) is 39.7 Å². The first-order chi connectivity index (χ1) is 14.2. The minimum absolute atomic E-state index is 0.449. The SMILES string of the molecule is Cc1c(-c2ccnc(N3CCC(C)CC3)n2)nnc2nc(-c3cccnc3)nn12. The zero-order valence-corrected chi connectivity index (χ0v) is 16.4. The van der Waals surface area contributed by atoms with Gasteiger partial charge in [-0.05, 0) is 43.9 Å². The van der Waals surface area contributed by atoms with Crippen LogP contribution in [0, 0.1) is 12.8 Å². The molecule has 1 aliphatic rings. The van der Waals surface area contributed by atoms with E-state index >= 15 is 0 Å². The molecule has 0 N–H and O–H groups in total. The quantitative estimate of drug-likeness (QED) is 0.529. The first-order valence-electron chi connectivity index (χ1n) is 9.78. The van der Waals surface area contributed by atoms with Crippen LogP contribution in [0.5, 0.6) is 0 Å². The van der Waals surface area contributed by atoms with Crippen LogP contribution in [0.25, 0.3) is 28.6 Å². The van der Waals surface area contributed by atoms with E-state index in [4.69, 9.17) is 4.98 Å². The van der Waals surface area contributed by atoms with E-state index in [-0.39, 0.29) is 0 Å². The molecular weight excluding hydrogens is 366 g/mol. The van der Waals surface area contributed by atoms with Crippen LogP contribution in [0.3, 0.4) is 0 Å². The van der Waals surface area contributed by atoms with Gasteiger partial charge in [0.1, 0.15) is 5.69 Å². The van der Waals surface area contributed by atoms with Crippen molar-refractivity contribution in [3.05, 3.63) is 42.5 Å². The highest BCUT2D eigenvalue weighted by molar-refractivity contribution is 5.60. The normalized spacial score (nSPS) is 15.2. The molecule has 9 heteroatoms. The standard InChI is InChI=1S/C20H21N9/c1-13-6-10-28(11-7-13)19-22-9-5-16(23-19)17-14(2)29-20(26-25-17)24-18(27-29)15-4-3-8-21-12-15/h3-5,8-9,12-13H,6-7,10-11H2,1-2H3. The number of pyridine rings is 1. The highest BCUT2D eigenvalue weighted by Gasteiger charge is 2.20. The topological polar surface area (TPSA) is 97.9 Å². The molecule has 0 atom stereocenters. The van der Waals surface area contributed by atoms with Gasteiger partial charge in [0.25, 0.3) is 5.78 Å².